The molecule has 0 radical (unpaired) electrons. The van der Waals surface area contributed by atoms with Gasteiger partial charge in [-0.2, -0.15) is 0 Å². The van der Waals surface area contributed by atoms with Gasteiger partial charge in [-0.1, -0.05) is 18.6 Å². The highest BCUT2D eigenvalue weighted by Crippen LogP contribution is 2.40. The Bertz CT molecular complexity index is 644. The summed E-state index contributed by atoms with van der Waals surface area (Å²) in [4.78, 5) is 36.0. The summed E-state index contributed by atoms with van der Waals surface area (Å²) in [6.07, 6.45) is 3.75. The molecule has 5 nitrogen and oxygen atoms in total. The fourth-order valence-electron chi connectivity index (χ4n) is 3.68. The van der Waals surface area contributed by atoms with Crippen molar-refractivity contribution >= 4 is 23.3 Å². The van der Waals surface area contributed by atoms with Gasteiger partial charge in [-0.15, -0.1) is 0 Å². The molecule has 2 aliphatic carbocycles. The second-order valence-electron chi connectivity index (χ2n) is 6.53. The van der Waals surface area contributed by atoms with Crippen LogP contribution in [0.4, 0.5) is 10.1 Å². The van der Waals surface area contributed by atoms with E-state index in [1.165, 1.54) is 18.2 Å². The number of halogens is 1. The topological polar surface area (TPSA) is 72.5 Å². The Hall–Kier alpha value is -2.24. The van der Waals surface area contributed by atoms with Gasteiger partial charge in [-0.05, 0) is 37.8 Å². The molecule has 2 saturated carbocycles. The molecule has 0 unspecified atom stereocenters. The SMILES string of the molecule is O=C(COC(=O)C1C[C@@H]2CCC[C@@H](C1)C2=O)Nc1ccccc1F. The lowest BCUT2D eigenvalue weighted by Crippen LogP contribution is -2.40. The van der Waals surface area contributed by atoms with E-state index >= 15 is 0 Å². The van der Waals surface area contributed by atoms with E-state index in [4.69, 9.17) is 4.74 Å². The average molecular weight is 333 g/mol. The minimum atomic E-state index is -0.583. The second-order valence-corrected chi connectivity index (χ2v) is 6.53. The summed E-state index contributed by atoms with van der Waals surface area (Å²) >= 11 is 0. The smallest absolute Gasteiger partial charge is 0.309 e. The van der Waals surface area contributed by atoms with Gasteiger partial charge in [0.2, 0.25) is 0 Å². The quantitative estimate of drug-likeness (QED) is 0.860. The van der Waals surface area contributed by atoms with Gasteiger partial charge >= 0.3 is 5.97 Å². The second kappa shape index (κ2) is 7.11. The number of carbonyl (C=O) groups excluding carboxylic acids is 3. The molecule has 0 saturated heterocycles. The number of hydrogen-bond donors (Lipinski definition) is 1. The van der Waals surface area contributed by atoms with Crippen molar-refractivity contribution in [1.29, 1.82) is 0 Å². The van der Waals surface area contributed by atoms with E-state index in [0.717, 1.165) is 19.3 Å². The number of Topliss-reactive ketones (excluding diaryl/α,β-unsaturated/α-hetero) is 1. The van der Waals surface area contributed by atoms with Gasteiger partial charge in [0, 0.05) is 11.8 Å². The van der Waals surface area contributed by atoms with E-state index in [1.807, 2.05) is 0 Å². The number of nitrogens with one attached hydrogen (secondary N) is 1. The molecule has 1 aromatic rings. The first-order chi connectivity index (χ1) is 11.5. The highest BCUT2D eigenvalue weighted by molar-refractivity contribution is 5.93. The van der Waals surface area contributed by atoms with Crippen molar-refractivity contribution in [3.8, 4) is 0 Å². The zero-order valence-corrected chi connectivity index (χ0v) is 13.3. The van der Waals surface area contributed by atoms with Crippen molar-refractivity contribution in [3.63, 3.8) is 0 Å². The van der Waals surface area contributed by atoms with Crippen molar-refractivity contribution in [3.05, 3.63) is 30.1 Å². The first kappa shape index (κ1) is 16.6. The number of para-hydroxylation sites is 1. The number of amides is 1. The Morgan fingerprint density at radius 3 is 2.50 bits per heavy atom. The van der Waals surface area contributed by atoms with Crippen LogP contribution in [0.15, 0.2) is 24.3 Å². The number of esters is 1. The van der Waals surface area contributed by atoms with Crippen LogP contribution in [0.3, 0.4) is 0 Å². The van der Waals surface area contributed by atoms with Crippen molar-refractivity contribution < 1.29 is 23.5 Å². The summed E-state index contributed by atoms with van der Waals surface area (Å²) < 4.78 is 18.5. The van der Waals surface area contributed by atoms with E-state index in [9.17, 15) is 18.8 Å². The number of fused-ring (bicyclic) bond motifs is 2. The van der Waals surface area contributed by atoms with Gasteiger partial charge in [0.15, 0.2) is 6.61 Å². The highest BCUT2D eigenvalue weighted by Gasteiger charge is 2.41. The van der Waals surface area contributed by atoms with Crippen molar-refractivity contribution in [2.45, 2.75) is 32.1 Å². The molecule has 1 N–H and O–H groups in total. The lowest BCUT2D eigenvalue weighted by Gasteiger charge is -2.36. The molecule has 128 valence electrons. The predicted octanol–water partition coefficient (Wildman–Crippen LogP) is 2.70. The summed E-state index contributed by atoms with van der Waals surface area (Å²) in [6.45, 7) is -0.451. The summed E-state index contributed by atoms with van der Waals surface area (Å²) in [7, 11) is 0. The van der Waals surface area contributed by atoms with Gasteiger partial charge < -0.3 is 10.1 Å². The van der Waals surface area contributed by atoms with Crippen LogP contribution >= 0.6 is 0 Å². The van der Waals surface area contributed by atoms with Crippen LogP contribution in [-0.4, -0.2) is 24.3 Å². The average Bonchev–Trinajstić information content (AvgIpc) is 2.54. The Labute approximate surface area is 139 Å². The van der Waals surface area contributed by atoms with Crippen molar-refractivity contribution in [1.82, 2.24) is 0 Å². The van der Waals surface area contributed by atoms with Crippen LogP contribution in [0.5, 0.6) is 0 Å². The van der Waals surface area contributed by atoms with Crippen LogP contribution in [0, 0.1) is 23.6 Å². The molecule has 6 heteroatoms. The summed E-state index contributed by atoms with van der Waals surface area (Å²) in [6, 6.07) is 5.79. The van der Waals surface area contributed by atoms with E-state index in [2.05, 4.69) is 5.32 Å². The third-order valence-electron chi connectivity index (χ3n) is 4.87. The van der Waals surface area contributed by atoms with Gasteiger partial charge in [-0.25, -0.2) is 4.39 Å². The minimum Gasteiger partial charge on any atom is -0.455 e. The molecule has 2 atom stereocenters. The molecule has 1 amide bonds. The molecule has 2 aliphatic rings. The van der Waals surface area contributed by atoms with Crippen molar-refractivity contribution in [2.24, 2.45) is 17.8 Å². The van der Waals surface area contributed by atoms with E-state index in [0.29, 0.717) is 12.8 Å². The van der Waals surface area contributed by atoms with Crippen LogP contribution in [0.1, 0.15) is 32.1 Å². The van der Waals surface area contributed by atoms with E-state index in [1.54, 1.807) is 6.07 Å². The van der Waals surface area contributed by atoms with Crippen LogP contribution in [-0.2, 0) is 19.1 Å². The minimum absolute atomic E-state index is 0.0395. The van der Waals surface area contributed by atoms with Gasteiger partial charge in [0.25, 0.3) is 5.91 Å². The monoisotopic (exact) mass is 333 g/mol. The van der Waals surface area contributed by atoms with Crippen LogP contribution < -0.4 is 5.32 Å². The molecule has 2 bridgehead atoms. The standard InChI is InChI=1S/C18H20FNO4/c19-14-6-1-2-7-15(14)20-16(21)10-24-18(23)13-8-11-4-3-5-12(9-13)17(11)22/h1-2,6-7,11-13H,3-5,8-10H2,(H,20,21)/t11-,12-/m0/s1. The lowest BCUT2D eigenvalue weighted by atomic mass is 9.67. The number of ether oxygens (including phenoxy) is 1. The number of benzene rings is 1. The molecule has 0 heterocycles. The van der Waals surface area contributed by atoms with Gasteiger partial charge in [0.05, 0.1) is 11.6 Å². The van der Waals surface area contributed by atoms with Gasteiger partial charge in [0.1, 0.15) is 11.6 Å². The highest BCUT2D eigenvalue weighted by atomic mass is 19.1. The molecule has 24 heavy (non-hydrogen) atoms. The Balaban J connectivity index is 1.50. The first-order valence-corrected chi connectivity index (χ1v) is 8.29. The fraction of sp³-hybridized carbons (Fsp3) is 0.500. The molecule has 0 spiro atoms. The number of rotatable bonds is 4. The van der Waals surface area contributed by atoms with E-state index < -0.39 is 24.3 Å². The molecule has 0 aliphatic heterocycles. The maximum atomic E-state index is 13.5. The van der Waals surface area contributed by atoms with Crippen LogP contribution in [0.2, 0.25) is 0 Å². The predicted molar refractivity (Wildman–Crippen MR) is 84.6 cm³/mol. The molecular weight excluding hydrogens is 313 g/mol. The number of hydrogen-bond acceptors (Lipinski definition) is 4. The molecule has 2 fully saturated rings. The lowest BCUT2D eigenvalue weighted by molar-refractivity contribution is -0.155. The first-order valence-electron chi connectivity index (χ1n) is 8.29. The molecule has 3 rings (SSSR count). The van der Waals surface area contributed by atoms with Gasteiger partial charge in [-0.3, -0.25) is 14.4 Å². The summed E-state index contributed by atoms with van der Waals surface area (Å²) in [5.74, 6) is -1.69. The Kier molecular flexibility index (Phi) is 4.92. The third-order valence-corrected chi connectivity index (χ3v) is 4.87. The van der Waals surface area contributed by atoms with Crippen LogP contribution in [0.25, 0.3) is 0 Å². The number of anilines is 1. The Morgan fingerprint density at radius 2 is 1.83 bits per heavy atom. The molecule has 0 aromatic heterocycles. The molecule has 1 aromatic carbocycles. The zero-order valence-electron chi connectivity index (χ0n) is 13.3. The summed E-state index contributed by atoms with van der Waals surface area (Å²) in [5, 5.41) is 2.37. The largest absolute Gasteiger partial charge is 0.455 e. The number of carbonyl (C=O) groups is 3. The maximum absolute atomic E-state index is 13.5. The third kappa shape index (κ3) is 3.63. The Morgan fingerprint density at radius 1 is 1.17 bits per heavy atom. The van der Waals surface area contributed by atoms with E-state index in [-0.39, 0.29) is 29.2 Å². The zero-order chi connectivity index (χ0) is 17.1. The summed E-state index contributed by atoms with van der Waals surface area (Å²) in [5.41, 5.74) is 0.0522. The normalized spacial score (nSPS) is 25.9. The number of ketones is 1. The van der Waals surface area contributed by atoms with Crippen molar-refractivity contribution in [2.75, 3.05) is 11.9 Å². The fourth-order valence-corrected chi connectivity index (χ4v) is 3.68. The molecular formula is C18H20FNO4. The maximum Gasteiger partial charge on any atom is 0.309 e.